The second kappa shape index (κ2) is 8.80. The Morgan fingerprint density at radius 3 is 2.45 bits per heavy atom. The third kappa shape index (κ3) is 5.43. The van der Waals surface area contributed by atoms with E-state index < -0.39 is 23.3 Å². The molecule has 3 aromatic rings. The summed E-state index contributed by atoms with van der Waals surface area (Å²) in [5, 5.41) is 24.4. The van der Waals surface area contributed by atoms with Crippen LogP contribution < -0.4 is 15.4 Å². The lowest BCUT2D eigenvalue weighted by molar-refractivity contribution is -0.137. The molecule has 6 nitrogen and oxygen atoms in total. The lowest BCUT2D eigenvalue weighted by Crippen LogP contribution is -2.30. The smallest absolute Gasteiger partial charge is 0.416 e. The zero-order valence-electron chi connectivity index (χ0n) is 16.3. The van der Waals surface area contributed by atoms with Crippen LogP contribution in [0.25, 0.3) is 0 Å². The minimum Gasteiger partial charge on any atom is -0.492 e. The molecule has 164 valence electrons. The number of anilines is 2. The Morgan fingerprint density at radius 2 is 1.84 bits per heavy atom. The molecule has 0 bridgehead atoms. The van der Waals surface area contributed by atoms with E-state index in [4.69, 9.17) is 10.1 Å². The second-order valence-electron chi connectivity index (χ2n) is 6.78. The van der Waals surface area contributed by atoms with Crippen molar-refractivity contribution in [2.75, 3.05) is 5.32 Å². The van der Waals surface area contributed by atoms with Gasteiger partial charge in [-0.25, -0.2) is 4.39 Å². The van der Waals surface area contributed by atoms with Gasteiger partial charge >= 0.3 is 6.18 Å². The van der Waals surface area contributed by atoms with Gasteiger partial charge in [0.25, 0.3) is 0 Å². The molecule has 0 aliphatic heterocycles. The summed E-state index contributed by atoms with van der Waals surface area (Å²) in [7, 11) is 0. The van der Waals surface area contributed by atoms with Gasteiger partial charge in [0, 0.05) is 11.7 Å². The summed E-state index contributed by atoms with van der Waals surface area (Å²) in [6, 6.07) is 7.92. The number of nitrogens with zero attached hydrogens (tertiary/aromatic N) is 1. The van der Waals surface area contributed by atoms with Crippen molar-refractivity contribution in [1.29, 1.82) is 5.41 Å². The molecule has 4 N–H and O–H groups in total. The lowest BCUT2D eigenvalue weighted by Gasteiger charge is -2.13. The first-order valence-corrected chi connectivity index (χ1v) is 9.77. The van der Waals surface area contributed by atoms with Crippen LogP contribution in [-0.2, 0) is 6.18 Å². The van der Waals surface area contributed by atoms with Crippen molar-refractivity contribution in [3.63, 3.8) is 0 Å². The molecule has 2 aromatic carbocycles. The Labute approximate surface area is 179 Å². The van der Waals surface area contributed by atoms with Crippen LogP contribution in [0.15, 0.2) is 42.5 Å². The van der Waals surface area contributed by atoms with Crippen LogP contribution in [0, 0.1) is 11.2 Å². The number of hydrogen-bond acceptors (Lipinski definition) is 6. The average molecular weight is 454 g/mol. The average Bonchev–Trinajstić information content (AvgIpc) is 3.04. The molecule has 1 aromatic heterocycles. The van der Waals surface area contributed by atoms with Crippen molar-refractivity contribution in [3.8, 4) is 17.4 Å². The van der Waals surface area contributed by atoms with E-state index in [1.807, 2.05) is 13.8 Å². The van der Waals surface area contributed by atoms with E-state index in [0.29, 0.717) is 28.9 Å². The van der Waals surface area contributed by atoms with Gasteiger partial charge in [0.15, 0.2) is 11.6 Å². The number of amidine groups is 1. The quantitative estimate of drug-likeness (QED) is 0.213. The van der Waals surface area contributed by atoms with E-state index in [0.717, 1.165) is 11.5 Å². The Morgan fingerprint density at radius 1 is 1.16 bits per heavy atom. The largest absolute Gasteiger partial charge is 0.492 e. The van der Waals surface area contributed by atoms with Gasteiger partial charge in [0.1, 0.15) is 22.1 Å². The highest BCUT2D eigenvalue weighted by Gasteiger charge is 2.31. The van der Waals surface area contributed by atoms with Crippen molar-refractivity contribution in [3.05, 3.63) is 59.4 Å². The number of rotatable bonds is 6. The molecule has 0 amide bonds. The Bertz CT molecular complexity index is 1080. The zero-order valence-corrected chi connectivity index (χ0v) is 17.2. The van der Waals surface area contributed by atoms with E-state index in [-0.39, 0.29) is 29.1 Å². The van der Waals surface area contributed by atoms with Gasteiger partial charge in [-0.2, -0.15) is 17.5 Å². The Hall–Kier alpha value is -3.34. The van der Waals surface area contributed by atoms with Gasteiger partial charge in [-0.3, -0.25) is 5.41 Å². The fraction of sp³-hybridized carbons (Fsp3) is 0.200. The van der Waals surface area contributed by atoms with Crippen LogP contribution >= 0.6 is 11.5 Å². The van der Waals surface area contributed by atoms with Gasteiger partial charge in [0.2, 0.25) is 5.88 Å². The number of aromatic hydroxyl groups is 1. The maximum Gasteiger partial charge on any atom is 0.416 e. The van der Waals surface area contributed by atoms with E-state index in [1.54, 1.807) is 12.1 Å². The summed E-state index contributed by atoms with van der Waals surface area (Å²) < 4.78 is 61.5. The van der Waals surface area contributed by atoms with Gasteiger partial charge in [-0.05, 0) is 67.8 Å². The number of alkyl halides is 3. The number of hydrogen-bond donors (Lipinski definition) is 4. The maximum atomic E-state index is 13.9. The second-order valence-corrected chi connectivity index (χ2v) is 7.55. The topological polar surface area (TPSA) is 90.3 Å². The molecule has 0 unspecified atom stereocenters. The number of ether oxygens (including phenoxy) is 1. The zero-order chi connectivity index (χ0) is 22.8. The van der Waals surface area contributed by atoms with Crippen LogP contribution in [0.5, 0.6) is 17.4 Å². The van der Waals surface area contributed by atoms with Crippen LogP contribution in [0.2, 0.25) is 0 Å². The summed E-state index contributed by atoms with van der Waals surface area (Å²) in [6.45, 7) is 3.70. The monoisotopic (exact) mass is 454 g/mol. The fourth-order valence-corrected chi connectivity index (χ4v) is 3.29. The first kappa shape index (κ1) is 22.3. The van der Waals surface area contributed by atoms with E-state index in [2.05, 4.69) is 15.0 Å². The Balaban J connectivity index is 1.76. The summed E-state index contributed by atoms with van der Waals surface area (Å²) in [4.78, 5) is 0. The molecule has 1 heterocycles. The molecule has 0 saturated heterocycles. The van der Waals surface area contributed by atoms with E-state index in [1.165, 1.54) is 12.1 Å². The van der Waals surface area contributed by atoms with Crippen molar-refractivity contribution < 1.29 is 27.4 Å². The minimum atomic E-state index is -4.62. The fourth-order valence-electron chi connectivity index (χ4n) is 2.58. The third-order valence-electron chi connectivity index (χ3n) is 3.96. The molecule has 0 spiro atoms. The molecule has 0 saturated carbocycles. The van der Waals surface area contributed by atoms with Crippen LogP contribution in [0.4, 0.5) is 28.3 Å². The molecule has 3 rings (SSSR count). The van der Waals surface area contributed by atoms with Crippen LogP contribution in [0.3, 0.4) is 0 Å². The first-order chi connectivity index (χ1) is 14.5. The predicted octanol–water partition coefficient (Wildman–Crippen LogP) is 5.87. The standard InChI is InChI=1S/C20H18F4N4O2S/c1-10(2)26-17(25)16-18(29)28-31-19(16)27-12-4-6-13(7-5-12)30-15-9-11(20(22,23)24)3-8-14(15)21/h3-10,27H,1-2H3,(H2,25,26)(H,28,29). The molecular formula is C20H18F4N4O2S. The highest BCUT2D eigenvalue weighted by Crippen LogP contribution is 2.35. The summed E-state index contributed by atoms with van der Waals surface area (Å²) in [6.07, 6.45) is -4.62. The number of halogens is 4. The number of benzene rings is 2. The Kier molecular flexibility index (Phi) is 6.34. The molecule has 0 aliphatic carbocycles. The minimum absolute atomic E-state index is 0.00345. The first-order valence-electron chi connectivity index (χ1n) is 9.00. The highest BCUT2D eigenvalue weighted by molar-refractivity contribution is 7.11. The van der Waals surface area contributed by atoms with Gasteiger partial charge in [0.05, 0.1) is 5.56 Å². The number of nitrogens with one attached hydrogen (secondary N) is 3. The summed E-state index contributed by atoms with van der Waals surface area (Å²) >= 11 is 0.960. The molecular weight excluding hydrogens is 436 g/mol. The summed E-state index contributed by atoms with van der Waals surface area (Å²) in [5.74, 6) is -1.62. The van der Waals surface area contributed by atoms with Crippen LogP contribution in [-0.4, -0.2) is 21.4 Å². The number of aromatic nitrogens is 1. The van der Waals surface area contributed by atoms with Crippen molar-refractivity contribution in [1.82, 2.24) is 9.69 Å². The highest BCUT2D eigenvalue weighted by atomic mass is 32.1. The maximum absolute atomic E-state index is 13.9. The van der Waals surface area contributed by atoms with Crippen molar-refractivity contribution in [2.24, 2.45) is 0 Å². The molecule has 11 heteroatoms. The molecule has 31 heavy (non-hydrogen) atoms. The normalized spacial score (nSPS) is 11.5. The SMILES string of the molecule is CC(C)NC(=N)c1c(O)nsc1Nc1ccc(Oc2cc(C(F)(F)F)ccc2F)cc1. The van der Waals surface area contributed by atoms with Crippen LogP contribution in [0.1, 0.15) is 25.0 Å². The van der Waals surface area contributed by atoms with Gasteiger partial charge in [-0.15, -0.1) is 0 Å². The lowest BCUT2D eigenvalue weighted by atomic mass is 10.2. The third-order valence-corrected chi connectivity index (χ3v) is 4.71. The van der Waals surface area contributed by atoms with Gasteiger partial charge in [-0.1, -0.05) is 0 Å². The summed E-state index contributed by atoms with van der Waals surface area (Å²) in [5.41, 5.74) is -0.263. The van der Waals surface area contributed by atoms with Crippen molar-refractivity contribution in [2.45, 2.75) is 26.1 Å². The predicted molar refractivity (Wildman–Crippen MR) is 110 cm³/mol. The van der Waals surface area contributed by atoms with Crippen molar-refractivity contribution >= 4 is 28.1 Å². The molecule has 0 radical (unpaired) electrons. The molecule has 0 aliphatic rings. The molecule has 0 fully saturated rings. The van der Waals surface area contributed by atoms with Gasteiger partial charge < -0.3 is 20.5 Å². The van der Waals surface area contributed by atoms with E-state index in [9.17, 15) is 22.7 Å². The van der Waals surface area contributed by atoms with E-state index >= 15 is 0 Å². The molecule has 0 atom stereocenters.